The summed E-state index contributed by atoms with van der Waals surface area (Å²) in [7, 11) is 3.96. The van der Waals surface area contributed by atoms with E-state index < -0.39 is 6.03 Å². The highest BCUT2D eigenvalue weighted by Crippen LogP contribution is 2.13. The Kier molecular flexibility index (Phi) is 5.38. The third-order valence-electron chi connectivity index (χ3n) is 2.89. The van der Waals surface area contributed by atoms with E-state index in [4.69, 9.17) is 11.6 Å². The number of nitrogens with zero attached hydrogens (tertiary/aromatic N) is 2. The van der Waals surface area contributed by atoms with Crippen LogP contribution < -0.4 is 15.6 Å². The van der Waals surface area contributed by atoms with E-state index >= 15 is 0 Å². The van der Waals surface area contributed by atoms with Crippen LogP contribution in [0.2, 0.25) is 5.02 Å². The highest BCUT2D eigenvalue weighted by Gasteiger charge is 1.99. The molecule has 0 heterocycles. The van der Waals surface area contributed by atoms with Crippen LogP contribution in [-0.4, -0.2) is 26.3 Å². The Bertz CT molecular complexity index is 651. The Morgan fingerprint density at radius 2 is 1.73 bits per heavy atom. The molecule has 2 N–H and O–H groups in total. The second-order valence-electron chi connectivity index (χ2n) is 4.82. The molecule has 0 aliphatic carbocycles. The summed E-state index contributed by atoms with van der Waals surface area (Å²) in [6.45, 7) is 0. The number of anilines is 2. The van der Waals surface area contributed by atoms with E-state index in [-0.39, 0.29) is 0 Å². The van der Waals surface area contributed by atoms with E-state index in [0.29, 0.717) is 10.7 Å². The minimum atomic E-state index is -0.413. The summed E-state index contributed by atoms with van der Waals surface area (Å²) < 4.78 is 0. The molecule has 0 unspecified atom stereocenters. The van der Waals surface area contributed by atoms with Crippen LogP contribution in [-0.2, 0) is 0 Å². The SMILES string of the molecule is CN(C)c1ccc(/C=N\NC(=O)Nc2ccc(Cl)cc2)cc1. The molecule has 5 nitrogen and oxygen atoms in total. The van der Waals surface area contributed by atoms with Gasteiger partial charge in [-0.2, -0.15) is 5.10 Å². The summed E-state index contributed by atoms with van der Waals surface area (Å²) in [4.78, 5) is 13.7. The molecule has 2 rings (SSSR count). The van der Waals surface area contributed by atoms with Crippen molar-refractivity contribution >= 4 is 35.2 Å². The summed E-state index contributed by atoms with van der Waals surface area (Å²) in [6, 6.07) is 14.2. The zero-order valence-corrected chi connectivity index (χ0v) is 13.1. The Labute approximate surface area is 134 Å². The van der Waals surface area contributed by atoms with Crippen LogP contribution in [0.5, 0.6) is 0 Å². The predicted octanol–water partition coefficient (Wildman–Crippen LogP) is 3.56. The van der Waals surface area contributed by atoms with Gasteiger partial charge in [-0.15, -0.1) is 0 Å². The molecular weight excluding hydrogens is 300 g/mol. The molecule has 0 aliphatic heterocycles. The van der Waals surface area contributed by atoms with Gasteiger partial charge in [-0.05, 0) is 42.0 Å². The summed E-state index contributed by atoms with van der Waals surface area (Å²) in [5, 5.41) is 7.17. The van der Waals surface area contributed by atoms with Crippen molar-refractivity contribution in [3.8, 4) is 0 Å². The Morgan fingerprint density at radius 1 is 1.09 bits per heavy atom. The van der Waals surface area contributed by atoms with Gasteiger partial charge in [0.05, 0.1) is 6.21 Å². The van der Waals surface area contributed by atoms with Crippen molar-refractivity contribution in [1.29, 1.82) is 0 Å². The van der Waals surface area contributed by atoms with Gasteiger partial charge in [-0.25, -0.2) is 10.2 Å². The minimum Gasteiger partial charge on any atom is -0.378 e. The first-order chi connectivity index (χ1) is 10.5. The number of carbonyl (C=O) groups excluding carboxylic acids is 1. The zero-order valence-electron chi connectivity index (χ0n) is 12.4. The van der Waals surface area contributed by atoms with Gasteiger partial charge in [0.25, 0.3) is 0 Å². The lowest BCUT2D eigenvalue weighted by Crippen LogP contribution is -2.24. The predicted molar refractivity (Wildman–Crippen MR) is 92.0 cm³/mol. The van der Waals surface area contributed by atoms with Crippen LogP contribution in [0.25, 0.3) is 0 Å². The molecule has 2 aromatic carbocycles. The molecule has 0 aliphatic rings. The fourth-order valence-corrected chi connectivity index (χ4v) is 1.84. The molecule has 0 saturated heterocycles. The first kappa shape index (κ1) is 15.9. The quantitative estimate of drug-likeness (QED) is 0.669. The molecule has 0 fully saturated rings. The molecule has 2 aromatic rings. The molecule has 0 bridgehead atoms. The van der Waals surface area contributed by atoms with E-state index in [0.717, 1.165) is 11.3 Å². The molecule has 0 atom stereocenters. The van der Waals surface area contributed by atoms with E-state index in [1.807, 2.05) is 43.3 Å². The molecule has 0 aromatic heterocycles. The summed E-state index contributed by atoms with van der Waals surface area (Å²) >= 11 is 5.78. The van der Waals surface area contributed by atoms with Gasteiger partial charge < -0.3 is 10.2 Å². The number of urea groups is 1. The third kappa shape index (κ3) is 4.79. The maximum absolute atomic E-state index is 11.7. The molecule has 6 heteroatoms. The number of halogens is 1. The first-order valence-electron chi connectivity index (χ1n) is 6.67. The topological polar surface area (TPSA) is 56.7 Å². The summed E-state index contributed by atoms with van der Waals surface area (Å²) in [5.41, 5.74) is 5.06. The molecular formula is C16H17ClN4O. The fraction of sp³-hybridized carbons (Fsp3) is 0.125. The van der Waals surface area contributed by atoms with Gasteiger partial charge in [0, 0.05) is 30.5 Å². The average molecular weight is 317 g/mol. The lowest BCUT2D eigenvalue weighted by Gasteiger charge is -2.11. The van der Waals surface area contributed by atoms with Crippen molar-refractivity contribution in [2.75, 3.05) is 24.3 Å². The van der Waals surface area contributed by atoms with E-state index in [1.54, 1.807) is 30.5 Å². The normalized spacial score (nSPS) is 10.5. The van der Waals surface area contributed by atoms with Crippen molar-refractivity contribution in [2.24, 2.45) is 5.10 Å². The van der Waals surface area contributed by atoms with E-state index in [1.165, 1.54) is 0 Å². The van der Waals surface area contributed by atoms with Crippen LogP contribution in [0.15, 0.2) is 53.6 Å². The van der Waals surface area contributed by atoms with Crippen molar-refractivity contribution < 1.29 is 4.79 Å². The number of rotatable bonds is 4. The van der Waals surface area contributed by atoms with Crippen LogP contribution in [0.4, 0.5) is 16.2 Å². The van der Waals surface area contributed by atoms with Crippen LogP contribution in [0.1, 0.15) is 5.56 Å². The van der Waals surface area contributed by atoms with E-state index in [2.05, 4.69) is 15.8 Å². The van der Waals surface area contributed by atoms with Gasteiger partial charge in [-0.1, -0.05) is 23.7 Å². The Morgan fingerprint density at radius 3 is 2.32 bits per heavy atom. The van der Waals surface area contributed by atoms with Crippen LogP contribution >= 0.6 is 11.6 Å². The van der Waals surface area contributed by atoms with Crippen molar-refractivity contribution in [1.82, 2.24) is 5.43 Å². The second kappa shape index (κ2) is 7.47. The second-order valence-corrected chi connectivity index (χ2v) is 5.25. The smallest absolute Gasteiger partial charge is 0.339 e. The van der Waals surface area contributed by atoms with Gasteiger partial charge in [0.2, 0.25) is 0 Å². The Hall–Kier alpha value is -2.53. The van der Waals surface area contributed by atoms with Gasteiger partial charge in [0.1, 0.15) is 0 Å². The van der Waals surface area contributed by atoms with Crippen molar-refractivity contribution in [2.45, 2.75) is 0 Å². The number of amides is 2. The number of hydrogen-bond acceptors (Lipinski definition) is 3. The molecule has 2 amide bonds. The van der Waals surface area contributed by atoms with Gasteiger partial charge in [0.15, 0.2) is 0 Å². The maximum atomic E-state index is 11.7. The highest BCUT2D eigenvalue weighted by atomic mass is 35.5. The molecule has 0 radical (unpaired) electrons. The summed E-state index contributed by atoms with van der Waals surface area (Å²) in [6.07, 6.45) is 1.58. The number of benzene rings is 2. The van der Waals surface area contributed by atoms with E-state index in [9.17, 15) is 4.79 Å². The molecule has 0 spiro atoms. The molecule has 22 heavy (non-hydrogen) atoms. The Balaban J connectivity index is 1.86. The van der Waals surface area contributed by atoms with Crippen LogP contribution in [0, 0.1) is 0 Å². The minimum absolute atomic E-state index is 0.413. The van der Waals surface area contributed by atoms with Gasteiger partial charge in [-0.3, -0.25) is 0 Å². The number of carbonyl (C=O) groups is 1. The first-order valence-corrected chi connectivity index (χ1v) is 7.05. The lowest BCUT2D eigenvalue weighted by molar-refractivity contribution is 0.252. The number of hydrogen-bond donors (Lipinski definition) is 2. The van der Waals surface area contributed by atoms with Crippen LogP contribution in [0.3, 0.4) is 0 Å². The molecule has 114 valence electrons. The standard InChI is InChI=1S/C16H17ClN4O/c1-21(2)15-9-3-12(4-10-15)11-18-20-16(22)19-14-7-5-13(17)6-8-14/h3-11H,1-2H3,(H2,19,20,22)/b18-11-. The third-order valence-corrected chi connectivity index (χ3v) is 3.14. The average Bonchev–Trinajstić information content (AvgIpc) is 2.50. The lowest BCUT2D eigenvalue weighted by atomic mass is 10.2. The van der Waals surface area contributed by atoms with Crippen molar-refractivity contribution in [3.63, 3.8) is 0 Å². The fourth-order valence-electron chi connectivity index (χ4n) is 1.72. The highest BCUT2D eigenvalue weighted by molar-refractivity contribution is 6.30. The summed E-state index contributed by atoms with van der Waals surface area (Å²) in [5.74, 6) is 0. The largest absolute Gasteiger partial charge is 0.378 e. The zero-order chi connectivity index (χ0) is 15.9. The number of hydrazone groups is 1. The maximum Gasteiger partial charge on any atom is 0.339 e. The van der Waals surface area contributed by atoms with Gasteiger partial charge >= 0.3 is 6.03 Å². The van der Waals surface area contributed by atoms with Crippen molar-refractivity contribution in [3.05, 3.63) is 59.1 Å². The number of nitrogens with one attached hydrogen (secondary N) is 2. The monoisotopic (exact) mass is 316 g/mol. The molecule has 0 saturated carbocycles.